The summed E-state index contributed by atoms with van der Waals surface area (Å²) in [4.78, 5) is 19.6. The Kier molecular flexibility index (Phi) is 3.62. The first-order chi connectivity index (χ1) is 10.8. The van der Waals surface area contributed by atoms with Gasteiger partial charge in [0.2, 0.25) is 11.8 Å². The van der Waals surface area contributed by atoms with Gasteiger partial charge in [0.25, 0.3) is 0 Å². The molecular weight excluding hydrogens is 298 g/mol. The average molecular weight is 315 g/mol. The van der Waals surface area contributed by atoms with Gasteiger partial charge in [0.05, 0.1) is 18.0 Å². The number of carbonyl (C=O) groups excluding carboxylic acids is 1. The van der Waals surface area contributed by atoms with Crippen molar-refractivity contribution in [3.05, 3.63) is 36.0 Å². The maximum atomic E-state index is 12.2. The number of carbonyl (C=O) groups is 1. The minimum Gasteiger partial charge on any atom is -0.339 e. The second-order valence-corrected chi connectivity index (χ2v) is 6.78. The first kappa shape index (κ1) is 13.8. The zero-order valence-corrected chi connectivity index (χ0v) is 13.0. The van der Waals surface area contributed by atoms with E-state index in [-0.39, 0.29) is 5.91 Å². The molecular formula is C16H17N3O2S. The third kappa shape index (κ3) is 2.52. The van der Waals surface area contributed by atoms with Gasteiger partial charge in [0.15, 0.2) is 5.82 Å². The molecule has 1 aromatic heterocycles. The monoisotopic (exact) mass is 315 g/mol. The predicted octanol–water partition coefficient (Wildman–Crippen LogP) is 3.37. The summed E-state index contributed by atoms with van der Waals surface area (Å²) in [6.07, 6.45) is 4.72. The van der Waals surface area contributed by atoms with E-state index in [1.165, 1.54) is 12.8 Å². The Morgan fingerprint density at radius 1 is 1.27 bits per heavy atom. The number of benzene rings is 1. The number of para-hydroxylation sites is 1. The summed E-state index contributed by atoms with van der Waals surface area (Å²) in [6.45, 7) is 0.382. The van der Waals surface area contributed by atoms with Gasteiger partial charge in [-0.15, -0.1) is 11.8 Å². The molecule has 6 heteroatoms. The van der Waals surface area contributed by atoms with Crippen LogP contribution in [-0.4, -0.2) is 21.8 Å². The van der Waals surface area contributed by atoms with Gasteiger partial charge in [0, 0.05) is 10.8 Å². The Bertz CT molecular complexity index is 694. The summed E-state index contributed by atoms with van der Waals surface area (Å²) in [6, 6.07) is 7.95. The fourth-order valence-corrected chi connectivity index (χ4v) is 4.07. The minimum atomic E-state index is 0.0934. The molecule has 1 aromatic carbocycles. The molecule has 114 valence electrons. The molecule has 0 atom stereocenters. The van der Waals surface area contributed by atoms with Crippen LogP contribution < -0.4 is 4.90 Å². The maximum absolute atomic E-state index is 12.2. The summed E-state index contributed by atoms with van der Waals surface area (Å²) in [5.41, 5.74) is 0.941. The summed E-state index contributed by atoms with van der Waals surface area (Å²) < 4.78 is 5.41. The van der Waals surface area contributed by atoms with Gasteiger partial charge in [-0.05, 0) is 25.0 Å². The van der Waals surface area contributed by atoms with Gasteiger partial charge in [-0.25, -0.2) is 0 Å². The Hall–Kier alpha value is -1.82. The van der Waals surface area contributed by atoms with Crippen molar-refractivity contribution in [3.8, 4) is 0 Å². The topological polar surface area (TPSA) is 59.2 Å². The standard InChI is InChI=1S/C16H17N3O2S/c20-15-10-22-13-8-4-3-7-12(13)19(15)9-14-17-16(21-18-14)11-5-1-2-6-11/h3-4,7-8,11H,1-2,5-6,9-10H2. The number of anilines is 1. The largest absolute Gasteiger partial charge is 0.339 e. The van der Waals surface area contributed by atoms with Crippen LogP contribution in [0.25, 0.3) is 0 Å². The number of rotatable bonds is 3. The summed E-state index contributed by atoms with van der Waals surface area (Å²) >= 11 is 1.58. The highest BCUT2D eigenvalue weighted by Gasteiger charge is 2.27. The van der Waals surface area contributed by atoms with Crippen LogP contribution in [0.1, 0.15) is 43.3 Å². The normalized spacial score (nSPS) is 18.7. The third-order valence-corrected chi connectivity index (χ3v) is 5.34. The van der Waals surface area contributed by atoms with E-state index in [4.69, 9.17) is 4.52 Å². The first-order valence-corrected chi connectivity index (χ1v) is 8.64. The number of aromatic nitrogens is 2. The van der Waals surface area contributed by atoms with Gasteiger partial charge in [-0.1, -0.05) is 30.1 Å². The van der Waals surface area contributed by atoms with Gasteiger partial charge in [-0.2, -0.15) is 4.98 Å². The van der Waals surface area contributed by atoms with Crippen LogP contribution in [0.3, 0.4) is 0 Å². The lowest BCUT2D eigenvalue weighted by atomic mass is 10.1. The van der Waals surface area contributed by atoms with Crippen LogP contribution in [-0.2, 0) is 11.3 Å². The number of nitrogens with zero attached hydrogens (tertiary/aromatic N) is 3. The SMILES string of the molecule is O=C1CSc2ccccc2N1Cc1noc(C2CCCC2)n1. The molecule has 0 bridgehead atoms. The highest BCUT2D eigenvalue weighted by atomic mass is 32.2. The van der Waals surface area contributed by atoms with Gasteiger partial charge in [0.1, 0.15) is 0 Å². The number of thioether (sulfide) groups is 1. The van der Waals surface area contributed by atoms with Crippen LogP contribution in [0.15, 0.2) is 33.7 Å². The summed E-state index contributed by atoms with van der Waals surface area (Å²) in [7, 11) is 0. The van der Waals surface area contributed by atoms with E-state index in [2.05, 4.69) is 10.1 Å². The number of amides is 1. The molecule has 2 aliphatic rings. The fraction of sp³-hybridized carbons (Fsp3) is 0.438. The molecule has 0 unspecified atom stereocenters. The Morgan fingerprint density at radius 3 is 2.95 bits per heavy atom. The molecule has 0 radical (unpaired) electrons. The molecule has 1 aliphatic heterocycles. The average Bonchev–Trinajstić information content (AvgIpc) is 3.21. The van der Waals surface area contributed by atoms with Crippen molar-refractivity contribution in [2.24, 2.45) is 0 Å². The smallest absolute Gasteiger partial charge is 0.237 e. The predicted molar refractivity (Wildman–Crippen MR) is 83.9 cm³/mol. The van der Waals surface area contributed by atoms with E-state index < -0.39 is 0 Å². The number of hydrogen-bond donors (Lipinski definition) is 0. The molecule has 22 heavy (non-hydrogen) atoms. The fourth-order valence-electron chi connectivity index (χ4n) is 3.14. The molecule has 0 spiro atoms. The molecule has 1 aliphatic carbocycles. The van der Waals surface area contributed by atoms with Crippen molar-refractivity contribution in [2.45, 2.75) is 43.0 Å². The highest BCUT2D eigenvalue weighted by Crippen LogP contribution is 2.36. The van der Waals surface area contributed by atoms with E-state index in [1.54, 1.807) is 16.7 Å². The lowest BCUT2D eigenvalue weighted by molar-refractivity contribution is -0.116. The Labute approximate surface area is 133 Å². The molecule has 2 heterocycles. The van der Waals surface area contributed by atoms with Gasteiger partial charge in [-0.3, -0.25) is 4.79 Å². The molecule has 0 N–H and O–H groups in total. The van der Waals surface area contributed by atoms with Gasteiger partial charge < -0.3 is 9.42 Å². The molecule has 4 rings (SSSR count). The minimum absolute atomic E-state index is 0.0934. The van der Waals surface area contributed by atoms with Crippen LogP contribution in [0, 0.1) is 0 Å². The van der Waals surface area contributed by atoms with Crippen LogP contribution >= 0.6 is 11.8 Å². The molecule has 1 amide bonds. The second kappa shape index (κ2) is 5.76. The summed E-state index contributed by atoms with van der Waals surface area (Å²) in [5, 5.41) is 4.08. The zero-order valence-electron chi connectivity index (χ0n) is 12.2. The highest BCUT2D eigenvalue weighted by molar-refractivity contribution is 8.00. The first-order valence-electron chi connectivity index (χ1n) is 7.66. The molecule has 1 saturated carbocycles. The van der Waals surface area contributed by atoms with Crippen LogP contribution in [0.5, 0.6) is 0 Å². The van der Waals surface area contributed by atoms with Crippen molar-refractivity contribution < 1.29 is 9.32 Å². The van der Waals surface area contributed by atoms with Crippen molar-refractivity contribution in [3.63, 3.8) is 0 Å². The zero-order chi connectivity index (χ0) is 14.9. The maximum Gasteiger partial charge on any atom is 0.237 e. The van der Waals surface area contributed by atoms with Gasteiger partial charge >= 0.3 is 0 Å². The van der Waals surface area contributed by atoms with Crippen LogP contribution in [0.2, 0.25) is 0 Å². The van der Waals surface area contributed by atoms with Crippen molar-refractivity contribution in [1.82, 2.24) is 10.1 Å². The lowest BCUT2D eigenvalue weighted by Gasteiger charge is -2.27. The Balaban J connectivity index is 1.56. The summed E-state index contributed by atoms with van der Waals surface area (Å²) in [5.74, 6) is 2.29. The van der Waals surface area contributed by atoms with Crippen molar-refractivity contribution in [2.75, 3.05) is 10.7 Å². The molecule has 2 aromatic rings. The molecule has 0 saturated heterocycles. The van der Waals surface area contributed by atoms with E-state index in [9.17, 15) is 4.79 Å². The lowest BCUT2D eigenvalue weighted by Crippen LogP contribution is -2.35. The van der Waals surface area contributed by atoms with E-state index in [0.717, 1.165) is 29.3 Å². The van der Waals surface area contributed by atoms with E-state index >= 15 is 0 Å². The third-order valence-electron chi connectivity index (χ3n) is 4.30. The number of hydrogen-bond acceptors (Lipinski definition) is 5. The van der Waals surface area contributed by atoms with Crippen molar-refractivity contribution >= 4 is 23.4 Å². The van der Waals surface area contributed by atoms with E-state index in [1.807, 2.05) is 24.3 Å². The number of fused-ring (bicyclic) bond motifs is 1. The van der Waals surface area contributed by atoms with Crippen LogP contribution in [0.4, 0.5) is 5.69 Å². The second-order valence-electron chi connectivity index (χ2n) is 5.77. The van der Waals surface area contributed by atoms with Crippen molar-refractivity contribution in [1.29, 1.82) is 0 Å². The molecule has 5 nitrogen and oxygen atoms in total. The Morgan fingerprint density at radius 2 is 2.09 bits per heavy atom. The van der Waals surface area contributed by atoms with E-state index in [0.29, 0.717) is 24.0 Å². The quantitative estimate of drug-likeness (QED) is 0.869. The molecule has 1 fully saturated rings.